The molecule has 0 saturated carbocycles. The van der Waals surface area contributed by atoms with Crippen LogP contribution in [0.3, 0.4) is 0 Å². The zero-order chi connectivity index (χ0) is 28.3. The number of carbonyl (C=O) groups excluding carboxylic acids is 1. The van der Waals surface area contributed by atoms with Crippen molar-refractivity contribution in [2.75, 3.05) is 10.6 Å². The number of aryl methyl sites for hydroxylation is 1. The average molecular weight is 534 g/mol. The van der Waals surface area contributed by atoms with Gasteiger partial charge in [-0.3, -0.25) is 15.0 Å². The maximum atomic E-state index is 12.9. The van der Waals surface area contributed by atoms with Crippen molar-refractivity contribution in [3.8, 4) is 34.5 Å². The smallest absolute Gasteiger partial charge is 0.324 e. The molecule has 0 radical (unpaired) electrons. The van der Waals surface area contributed by atoms with Gasteiger partial charge in [0.25, 0.3) is 0 Å². The highest BCUT2D eigenvalue weighted by Gasteiger charge is 2.22. The molecule has 4 aromatic heterocycles. The first-order chi connectivity index (χ1) is 19.2. The lowest BCUT2D eigenvalue weighted by Gasteiger charge is -2.14. The molecule has 40 heavy (non-hydrogen) atoms. The van der Waals surface area contributed by atoms with E-state index in [0.717, 1.165) is 17.0 Å². The molecule has 0 unspecified atom stereocenters. The summed E-state index contributed by atoms with van der Waals surface area (Å²) in [4.78, 5) is 21.4. The fourth-order valence-electron chi connectivity index (χ4n) is 3.82. The summed E-state index contributed by atoms with van der Waals surface area (Å²) in [5.41, 5.74) is 3.69. The van der Waals surface area contributed by atoms with Gasteiger partial charge < -0.3 is 10.1 Å². The molecule has 0 atom stereocenters. The molecule has 0 saturated heterocycles. The summed E-state index contributed by atoms with van der Waals surface area (Å²) in [5.74, 6) is 1.71. The first-order valence-electron chi connectivity index (χ1n) is 12.5. The molecule has 11 nitrogen and oxygen atoms in total. The Morgan fingerprint density at radius 2 is 1.77 bits per heavy atom. The number of carbonyl (C=O) groups is 1. The molecule has 5 aromatic rings. The van der Waals surface area contributed by atoms with Gasteiger partial charge in [-0.2, -0.15) is 15.5 Å². The minimum absolute atomic E-state index is 0.248. The number of anilines is 2. The third-order valence-electron chi connectivity index (χ3n) is 5.91. The first kappa shape index (κ1) is 26.1. The SMILES string of the molecule is Cn1cc(-c2cc(Oc3ccc(NC(=O)Nc4cc(C(C)(C)C)nn4-c4ccc(C#N)nc4)cc3)ccn2)cn1. The number of hydrogen-bond acceptors (Lipinski definition) is 7. The van der Waals surface area contributed by atoms with E-state index in [1.165, 1.54) is 0 Å². The molecule has 0 fully saturated rings. The van der Waals surface area contributed by atoms with Crippen LogP contribution in [0.15, 0.2) is 79.4 Å². The van der Waals surface area contributed by atoms with Gasteiger partial charge in [-0.05, 0) is 42.5 Å². The van der Waals surface area contributed by atoms with E-state index in [-0.39, 0.29) is 5.41 Å². The zero-order valence-electron chi connectivity index (χ0n) is 22.5. The monoisotopic (exact) mass is 533 g/mol. The Morgan fingerprint density at radius 1 is 0.975 bits per heavy atom. The van der Waals surface area contributed by atoms with Crippen LogP contribution in [-0.4, -0.2) is 35.6 Å². The molecule has 5 rings (SSSR count). The summed E-state index contributed by atoms with van der Waals surface area (Å²) in [6.45, 7) is 6.11. The van der Waals surface area contributed by atoms with Crippen molar-refractivity contribution < 1.29 is 9.53 Å². The number of urea groups is 1. The van der Waals surface area contributed by atoms with Gasteiger partial charge in [0, 0.05) is 48.2 Å². The standard InChI is InChI=1S/C29H27N9O2/c1-29(2,3)26-14-27(38(36-26)22-8-5-21(15-30)32-17-22)35-28(39)34-20-6-9-23(10-7-20)40-24-11-12-31-25(13-24)19-16-33-37(4)18-19/h5-14,16-18H,1-4H3,(H2,34,35,39). The van der Waals surface area contributed by atoms with Gasteiger partial charge in [0.2, 0.25) is 0 Å². The van der Waals surface area contributed by atoms with E-state index in [9.17, 15) is 4.79 Å². The van der Waals surface area contributed by atoms with E-state index >= 15 is 0 Å². The number of nitriles is 1. The maximum Gasteiger partial charge on any atom is 0.324 e. The van der Waals surface area contributed by atoms with Crippen LogP contribution in [0.2, 0.25) is 0 Å². The highest BCUT2D eigenvalue weighted by Crippen LogP contribution is 2.28. The van der Waals surface area contributed by atoms with Crippen molar-refractivity contribution >= 4 is 17.5 Å². The molecule has 0 aliphatic heterocycles. The maximum absolute atomic E-state index is 12.9. The topological polar surface area (TPSA) is 136 Å². The van der Waals surface area contributed by atoms with Crippen LogP contribution in [0.25, 0.3) is 16.9 Å². The second kappa shape index (κ2) is 10.7. The summed E-state index contributed by atoms with van der Waals surface area (Å²) in [6.07, 6.45) is 6.86. The molecular weight excluding hydrogens is 506 g/mol. The summed E-state index contributed by atoms with van der Waals surface area (Å²) in [7, 11) is 1.85. The summed E-state index contributed by atoms with van der Waals surface area (Å²) >= 11 is 0. The first-order valence-corrected chi connectivity index (χ1v) is 12.5. The highest BCUT2D eigenvalue weighted by atomic mass is 16.5. The van der Waals surface area contributed by atoms with Gasteiger partial charge >= 0.3 is 6.03 Å². The number of nitrogens with zero attached hydrogens (tertiary/aromatic N) is 7. The Morgan fingerprint density at radius 3 is 2.42 bits per heavy atom. The summed E-state index contributed by atoms with van der Waals surface area (Å²) in [5, 5.41) is 23.6. The van der Waals surface area contributed by atoms with Crippen molar-refractivity contribution in [3.63, 3.8) is 0 Å². The van der Waals surface area contributed by atoms with Crippen LogP contribution in [0.4, 0.5) is 16.3 Å². The summed E-state index contributed by atoms with van der Waals surface area (Å²) in [6, 6.07) is 17.4. The molecular formula is C29H27N9O2. The fraction of sp³-hybridized carbons (Fsp3) is 0.172. The average Bonchev–Trinajstić information content (AvgIpc) is 3.56. The van der Waals surface area contributed by atoms with Crippen molar-refractivity contribution in [2.24, 2.45) is 7.05 Å². The van der Waals surface area contributed by atoms with Crippen LogP contribution in [0.1, 0.15) is 32.2 Å². The second-order valence-electron chi connectivity index (χ2n) is 10.1. The van der Waals surface area contributed by atoms with Crippen LogP contribution < -0.4 is 15.4 Å². The number of ether oxygens (including phenoxy) is 1. The van der Waals surface area contributed by atoms with Gasteiger partial charge in [-0.15, -0.1) is 0 Å². The molecule has 4 heterocycles. The molecule has 0 bridgehead atoms. The van der Waals surface area contributed by atoms with Crippen LogP contribution >= 0.6 is 0 Å². The van der Waals surface area contributed by atoms with E-state index in [2.05, 4.69) is 30.8 Å². The number of pyridine rings is 2. The minimum Gasteiger partial charge on any atom is -0.457 e. The Hall–Kier alpha value is -5.50. The Balaban J connectivity index is 1.27. The molecule has 200 valence electrons. The molecule has 2 amide bonds. The quantitative estimate of drug-likeness (QED) is 0.287. The summed E-state index contributed by atoms with van der Waals surface area (Å²) < 4.78 is 9.30. The van der Waals surface area contributed by atoms with Gasteiger partial charge in [0.05, 0.1) is 29.5 Å². The lowest BCUT2D eigenvalue weighted by atomic mass is 9.92. The predicted octanol–water partition coefficient (Wildman–Crippen LogP) is 5.67. The van der Waals surface area contributed by atoms with Crippen LogP contribution in [0.5, 0.6) is 11.5 Å². The Labute approximate surface area is 231 Å². The van der Waals surface area contributed by atoms with Crippen molar-refractivity contribution in [1.82, 2.24) is 29.5 Å². The lowest BCUT2D eigenvalue weighted by molar-refractivity contribution is 0.262. The van der Waals surface area contributed by atoms with Crippen molar-refractivity contribution in [1.29, 1.82) is 5.26 Å². The number of amides is 2. The molecule has 2 N–H and O–H groups in total. The number of benzene rings is 1. The van der Waals surface area contributed by atoms with Crippen LogP contribution in [-0.2, 0) is 12.5 Å². The Bertz CT molecular complexity index is 1690. The zero-order valence-corrected chi connectivity index (χ0v) is 22.5. The van der Waals surface area contributed by atoms with Crippen molar-refractivity contribution in [3.05, 3.63) is 90.8 Å². The predicted molar refractivity (Wildman–Crippen MR) is 150 cm³/mol. The third-order valence-corrected chi connectivity index (χ3v) is 5.91. The fourth-order valence-corrected chi connectivity index (χ4v) is 3.82. The minimum atomic E-state index is -0.438. The van der Waals surface area contributed by atoms with Gasteiger partial charge in [0.1, 0.15) is 29.1 Å². The van der Waals surface area contributed by atoms with E-state index in [0.29, 0.717) is 34.4 Å². The van der Waals surface area contributed by atoms with E-state index in [1.54, 1.807) is 70.4 Å². The third kappa shape index (κ3) is 5.97. The molecule has 1 aromatic carbocycles. The highest BCUT2D eigenvalue weighted by molar-refractivity contribution is 5.99. The number of rotatable bonds is 6. The number of aromatic nitrogens is 6. The van der Waals surface area contributed by atoms with Crippen molar-refractivity contribution in [2.45, 2.75) is 26.2 Å². The number of nitrogens with one attached hydrogen (secondary N) is 2. The van der Waals surface area contributed by atoms with E-state index < -0.39 is 6.03 Å². The van der Waals surface area contributed by atoms with Gasteiger partial charge in [-0.25, -0.2) is 14.5 Å². The lowest BCUT2D eigenvalue weighted by Crippen LogP contribution is -2.21. The number of hydrogen-bond donors (Lipinski definition) is 2. The van der Waals surface area contributed by atoms with Crippen LogP contribution in [0, 0.1) is 11.3 Å². The van der Waals surface area contributed by atoms with Gasteiger partial charge in [0.15, 0.2) is 0 Å². The molecule has 0 spiro atoms. The Kier molecular flexibility index (Phi) is 6.99. The van der Waals surface area contributed by atoms with E-state index in [4.69, 9.17) is 10.00 Å². The molecule has 0 aliphatic carbocycles. The second-order valence-corrected chi connectivity index (χ2v) is 10.1. The largest absolute Gasteiger partial charge is 0.457 e. The normalized spacial score (nSPS) is 11.1. The van der Waals surface area contributed by atoms with E-state index in [1.807, 2.05) is 52.2 Å². The molecule has 11 heteroatoms. The van der Waals surface area contributed by atoms with Gasteiger partial charge in [-0.1, -0.05) is 20.8 Å². The molecule has 0 aliphatic rings.